The molecule has 13 heteroatoms. The minimum absolute atomic E-state index is 0.107. The van der Waals surface area contributed by atoms with E-state index in [0.717, 1.165) is 0 Å². The van der Waals surface area contributed by atoms with Crippen LogP contribution < -0.4 is 27.4 Å². The van der Waals surface area contributed by atoms with E-state index in [1.807, 2.05) is 0 Å². The second kappa shape index (κ2) is 14.3. The molecule has 13 nitrogen and oxygen atoms in total. The number of carbonyl (C=O) groups excluding carboxylic acids is 3. The molecule has 0 aromatic carbocycles. The van der Waals surface area contributed by atoms with Crippen LogP contribution in [0, 0.1) is 0 Å². The molecule has 29 heavy (non-hydrogen) atoms. The Bertz CT molecular complexity index is 586. The number of nitrogens with one attached hydrogen (secondary N) is 3. The van der Waals surface area contributed by atoms with E-state index in [2.05, 4.69) is 16.0 Å². The molecule has 0 aliphatic heterocycles. The molecular formula is C16H29N5O8. The normalized spacial score (nSPS) is 13.6. The topological polar surface area (TPSA) is 234 Å². The highest BCUT2D eigenvalue weighted by Crippen LogP contribution is 2.02. The molecule has 0 aliphatic rings. The van der Waals surface area contributed by atoms with Gasteiger partial charge in [-0.05, 0) is 32.2 Å². The van der Waals surface area contributed by atoms with Crippen LogP contribution in [0.5, 0.6) is 0 Å². The van der Waals surface area contributed by atoms with Gasteiger partial charge in [-0.3, -0.25) is 19.2 Å². The largest absolute Gasteiger partial charge is 0.481 e. The van der Waals surface area contributed by atoms with Crippen molar-refractivity contribution in [2.75, 3.05) is 19.7 Å². The summed E-state index contributed by atoms with van der Waals surface area (Å²) in [6.45, 7) is -0.974. The summed E-state index contributed by atoms with van der Waals surface area (Å²) < 4.78 is 0. The van der Waals surface area contributed by atoms with Gasteiger partial charge in [0.25, 0.3) is 0 Å². The van der Waals surface area contributed by atoms with E-state index in [-0.39, 0.29) is 19.3 Å². The molecule has 0 saturated carbocycles. The van der Waals surface area contributed by atoms with E-state index in [1.54, 1.807) is 0 Å². The molecule has 0 aromatic heterocycles. The zero-order valence-electron chi connectivity index (χ0n) is 15.9. The first-order valence-electron chi connectivity index (χ1n) is 9.00. The lowest BCUT2D eigenvalue weighted by atomic mass is 10.1. The Kier molecular flexibility index (Phi) is 12.9. The molecule has 166 valence electrons. The molecule has 0 aliphatic carbocycles. The molecule has 0 heterocycles. The fourth-order valence-electron chi connectivity index (χ4n) is 2.17. The number of rotatable bonds is 15. The third-order valence-corrected chi connectivity index (χ3v) is 3.82. The van der Waals surface area contributed by atoms with E-state index in [9.17, 15) is 24.0 Å². The van der Waals surface area contributed by atoms with Crippen LogP contribution in [0.1, 0.15) is 32.1 Å². The van der Waals surface area contributed by atoms with E-state index in [4.69, 9.17) is 26.8 Å². The molecule has 0 aromatic rings. The summed E-state index contributed by atoms with van der Waals surface area (Å²) in [5.74, 6) is -4.80. The summed E-state index contributed by atoms with van der Waals surface area (Å²) in [4.78, 5) is 57.5. The van der Waals surface area contributed by atoms with Crippen LogP contribution in [-0.4, -0.2) is 82.8 Å². The quantitative estimate of drug-likeness (QED) is 0.122. The number of unbranched alkanes of at least 4 members (excludes halogenated alkanes) is 1. The number of aliphatic hydroxyl groups is 1. The predicted octanol–water partition coefficient (Wildman–Crippen LogP) is -3.53. The smallest absolute Gasteiger partial charge is 0.328 e. The van der Waals surface area contributed by atoms with Crippen molar-refractivity contribution in [1.82, 2.24) is 16.0 Å². The molecule has 0 fully saturated rings. The monoisotopic (exact) mass is 419 g/mol. The standard InChI is InChI=1S/C16H29N5O8/c17-6-2-1-3-10(15(27)21-11(8-22)16(28)29)20-12(23)7-19-14(26)9(18)4-5-13(24)25/h9-11,22H,1-8,17-18H2,(H,19,26)(H,20,23)(H,21,27)(H,24,25)(H,28,29). The number of aliphatic hydroxyl groups excluding tert-OH is 1. The first-order valence-corrected chi connectivity index (χ1v) is 9.00. The van der Waals surface area contributed by atoms with Gasteiger partial charge in [0.2, 0.25) is 17.7 Å². The molecule has 0 saturated heterocycles. The number of aliphatic carboxylic acids is 2. The minimum atomic E-state index is -1.52. The van der Waals surface area contributed by atoms with Crippen LogP contribution >= 0.6 is 0 Å². The molecule has 3 unspecified atom stereocenters. The van der Waals surface area contributed by atoms with Gasteiger partial charge in [-0.25, -0.2) is 4.79 Å². The fraction of sp³-hybridized carbons (Fsp3) is 0.688. The second-order valence-corrected chi connectivity index (χ2v) is 6.24. The number of hydrogen-bond acceptors (Lipinski definition) is 8. The zero-order valence-corrected chi connectivity index (χ0v) is 15.9. The van der Waals surface area contributed by atoms with Gasteiger partial charge < -0.3 is 42.7 Å². The fourth-order valence-corrected chi connectivity index (χ4v) is 2.17. The molecule has 3 amide bonds. The van der Waals surface area contributed by atoms with Crippen LogP contribution in [0.4, 0.5) is 0 Å². The van der Waals surface area contributed by atoms with E-state index < -0.39 is 60.9 Å². The van der Waals surface area contributed by atoms with Crippen LogP contribution in [0.3, 0.4) is 0 Å². The SMILES string of the molecule is NCCCCC(NC(=O)CNC(=O)C(N)CCC(=O)O)C(=O)NC(CO)C(=O)O. The highest BCUT2D eigenvalue weighted by molar-refractivity contribution is 5.92. The second-order valence-electron chi connectivity index (χ2n) is 6.24. The van der Waals surface area contributed by atoms with Crippen molar-refractivity contribution in [3.63, 3.8) is 0 Å². The van der Waals surface area contributed by atoms with Crippen LogP contribution in [0.15, 0.2) is 0 Å². The zero-order chi connectivity index (χ0) is 22.4. The summed E-state index contributed by atoms with van der Waals surface area (Å²) in [6.07, 6.45) is 0.790. The van der Waals surface area contributed by atoms with Crippen LogP contribution in [-0.2, 0) is 24.0 Å². The molecule has 3 atom stereocenters. The number of nitrogens with two attached hydrogens (primary N) is 2. The number of carboxylic acids is 2. The van der Waals surface area contributed by atoms with Gasteiger partial charge in [0.05, 0.1) is 19.2 Å². The molecule has 0 radical (unpaired) electrons. The van der Waals surface area contributed by atoms with E-state index in [1.165, 1.54) is 0 Å². The van der Waals surface area contributed by atoms with Gasteiger partial charge in [0.15, 0.2) is 0 Å². The van der Waals surface area contributed by atoms with Crippen molar-refractivity contribution in [1.29, 1.82) is 0 Å². The van der Waals surface area contributed by atoms with Crippen molar-refractivity contribution in [3.8, 4) is 0 Å². The summed E-state index contributed by atoms with van der Waals surface area (Å²) in [6, 6.07) is -3.73. The maximum Gasteiger partial charge on any atom is 0.328 e. The van der Waals surface area contributed by atoms with E-state index in [0.29, 0.717) is 19.4 Å². The van der Waals surface area contributed by atoms with Gasteiger partial charge in [0.1, 0.15) is 12.1 Å². The number of carboxylic acid groups (broad SMARTS) is 2. The van der Waals surface area contributed by atoms with Crippen molar-refractivity contribution in [2.45, 2.75) is 50.2 Å². The highest BCUT2D eigenvalue weighted by atomic mass is 16.4. The molecule has 0 bridgehead atoms. The lowest BCUT2D eigenvalue weighted by Gasteiger charge is -2.21. The van der Waals surface area contributed by atoms with E-state index >= 15 is 0 Å². The van der Waals surface area contributed by atoms with Crippen molar-refractivity contribution in [2.24, 2.45) is 11.5 Å². The minimum Gasteiger partial charge on any atom is -0.481 e. The Morgan fingerprint density at radius 3 is 2.07 bits per heavy atom. The molecular weight excluding hydrogens is 390 g/mol. The number of hydrogen-bond donors (Lipinski definition) is 8. The Morgan fingerprint density at radius 1 is 0.897 bits per heavy atom. The maximum absolute atomic E-state index is 12.2. The maximum atomic E-state index is 12.2. The third kappa shape index (κ3) is 11.6. The summed E-state index contributed by atoms with van der Waals surface area (Å²) >= 11 is 0. The van der Waals surface area contributed by atoms with Crippen molar-refractivity contribution in [3.05, 3.63) is 0 Å². The Morgan fingerprint density at radius 2 is 1.55 bits per heavy atom. The highest BCUT2D eigenvalue weighted by Gasteiger charge is 2.26. The average Bonchev–Trinajstić information content (AvgIpc) is 2.66. The van der Waals surface area contributed by atoms with Gasteiger partial charge in [-0.1, -0.05) is 0 Å². The lowest BCUT2D eigenvalue weighted by Crippen LogP contribution is -2.54. The van der Waals surface area contributed by atoms with Crippen LogP contribution in [0.2, 0.25) is 0 Å². The number of amides is 3. The van der Waals surface area contributed by atoms with Gasteiger partial charge in [-0.2, -0.15) is 0 Å². The number of carbonyl (C=O) groups is 5. The van der Waals surface area contributed by atoms with Gasteiger partial charge >= 0.3 is 11.9 Å². The average molecular weight is 419 g/mol. The molecule has 0 spiro atoms. The summed E-state index contributed by atoms with van der Waals surface area (Å²) in [5, 5.41) is 33.2. The van der Waals surface area contributed by atoms with Gasteiger partial charge in [-0.15, -0.1) is 0 Å². The summed E-state index contributed by atoms with van der Waals surface area (Å²) in [5.41, 5.74) is 10.9. The first-order chi connectivity index (χ1) is 13.6. The lowest BCUT2D eigenvalue weighted by molar-refractivity contribution is -0.143. The van der Waals surface area contributed by atoms with Crippen LogP contribution in [0.25, 0.3) is 0 Å². The first kappa shape index (κ1) is 26.2. The summed E-state index contributed by atoms with van der Waals surface area (Å²) in [7, 11) is 0. The predicted molar refractivity (Wildman–Crippen MR) is 99.3 cm³/mol. The third-order valence-electron chi connectivity index (χ3n) is 3.82. The van der Waals surface area contributed by atoms with Crippen molar-refractivity contribution >= 4 is 29.7 Å². The Labute approximate surface area is 167 Å². The van der Waals surface area contributed by atoms with Gasteiger partial charge in [0, 0.05) is 6.42 Å². The molecule has 10 N–H and O–H groups in total. The Balaban J connectivity index is 4.73. The Hall–Kier alpha value is -2.77. The molecule has 0 rings (SSSR count). The van der Waals surface area contributed by atoms with Crippen molar-refractivity contribution < 1.29 is 39.3 Å².